The summed E-state index contributed by atoms with van der Waals surface area (Å²) in [5.74, 6) is 0. The van der Waals surface area contributed by atoms with Crippen LogP contribution >= 0.6 is 11.8 Å². The molecule has 2 heteroatoms. The molecule has 160 valence electrons. The van der Waals surface area contributed by atoms with Crippen molar-refractivity contribution in [3.63, 3.8) is 0 Å². The van der Waals surface area contributed by atoms with Crippen molar-refractivity contribution in [3.05, 3.63) is 155 Å². The van der Waals surface area contributed by atoms with Gasteiger partial charge >= 0.3 is 0 Å². The van der Waals surface area contributed by atoms with E-state index in [0.717, 1.165) is 17.7 Å². The molecular formula is C31H25NS. The lowest BCUT2D eigenvalue weighted by Crippen LogP contribution is -2.08. The quantitative estimate of drug-likeness (QED) is 0.272. The summed E-state index contributed by atoms with van der Waals surface area (Å²) in [6, 6.07) is 42.4. The Morgan fingerprint density at radius 1 is 0.667 bits per heavy atom. The number of rotatable bonds is 6. The lowest BCUT2D eigenvalue weighted by molar-refractivity contribution is 1.01. The van der Waals surface area contributed by atoms with E-state index in [0.29, 0.717) is 0 Å². The lowest BCUT2D eigenvalue weighted by atomic mass is 9.94. The second kappa shape index (κ2) is 10.3. The number of hydrogen-bond donors (Lipinski definition) is 0. The SMILES string of the molecule is C(=Nc1ccccc1)C1=C(c2ccccc2)S[C@@H](c2ccccc2)C(Cc2ccccc2)=C1. The fraction of sp³-hybridized carbons (Fsp3) is 0.0645. The van der Waals surface area contributed by atoms with E-state index in [1.54, 1.807) is 0 Å². The first-order chi connectivity index (χ1) is 16.4. The number of aliphatic imine (C=N–C) groups is 1. The largest absolute Gasteiger partial charge is 0.256 e. The fourth-order valence-corrected chi connectivity index (χ4v) is 5.42. The maximum atomic E-state index is 4.80. The molecule has 33 heavy (non-hydrogen) atoms. The van der Waals surface area contributed by atoms with Crippen LogP contribution in [0.4, 0.5) is 5.69 Å². The molecule has 4 aromatic carbocycles. The van der Waals surface area contributed by atoms with Crippen molar-refractivity contribution < 1.29 is 0 Å². The van der Waals surface area contributed by atoms with Crippen LogP contribution in [-0.4, -0.2) is 6.21 Å². The predicted octanol–water partition coefficient (Wildman–Crippen LogP) is 8.46. The summed E-state index contributed by atoms with van der Waals surface area (Å²) in [5.41, 5.74) is 7.41. The zero-order valence-electron chi connectivity index (χ0n) is 18.3. The third-order valence-electron chi connectivity index (χ3n) is 5.67. The van der Waals surface area contributed by atoms with Gasteiger partial charge in [0.1, 0.15) is 0 Å². The normalized spacial score (nSPS) is 16.1. The molecule has 0 amide bonds. The summed E-state index contributed by atoms with van der Waals surface area (Å²) in [4.78, 5) is 6.07. The van der Waals surface area contributed by atoms with E-state index in [1.807, 2.05) is 48.3 Å². The summed E-state index contributed by atoms with van der Waals surface area (Å²) in [6.45, 7) is 0. The van der Waals surface area contributed by atoms with Gasteiger partial charge in [0.15, 0.2) is 0 Å². The maximum absolute atomic E-state index is 4.80. The average Bonchev–Trinajstić information content (AvgIpc) is 2.90. The summed E-state index contributed by atoms with van der Waals surface area (Å²) < 4.78 is 0. The van der Waals surface area contributed by atoms with E-state index >= 15 is 0 Å². The van der Waals surface area contributed by atoms with E-state index < -0.39 is 0 Å². The highest BCUT2D eigenvalue weighted by molar-refractivity contribution is 8.08. The van der Waals surface area contributed by atoms with Gasteiger partial charge in [-0.05, 0) is 40.8 Å². The molecule has 0 saturated carbocycles. The van der Waals surface area contributed by atoms with Crippen molar-refractivity contribution in [2.24, 2.45) is 4.99 Å². The lowest BCUT2D eigenvalue weighted by Gasteiger charge is -2.28. The minimum Gasteiger partial charge on any atom is -0.256 e. The topological polar surface area (TPSA) is 12.4 Å². The van der Waals surface area contributed by atoms with Gasteiger partial charge in [0.05, 0.1) is 10.9 Å². The monoisotopic (exact) mass is 443 g/mol. The minimum absolute atomic E-state index is 0.260. The first-order valence-corrected chi connectivity index (χ1v) is 12.1. The molecule has 0 radical (unpaired) electrons. The van der Waals surface area contributed by atoms with Crippen molar-refractivity contribution in [3.8, 4) is 0 Å². The molecule has 0 N–H and O–H groups in total. The van der Waals surface area contributed by atoms with Gasteiger partial charge in [-0.25, -0.2) is 0 Å². The number of thioether (sulfide) groups is 1. The predicted molar refractivity (Wildman–Crippen MR) is 143 cm³/mol. The molecule has 1 aliphatic heterocycles. The van der Waals surface area contributed by atoms with Crippen LogP contribution in [0.5, 0.6) is 0 Å². The van der Waals surface area contributed by atoms with Crippen molar-refractivity contribution >= 4 is 28.6 Å². The van der Waals surface area contributed by atoms with E-state index in [-0.39, 0.29) is 5.25 Å². The van der Waals surface area contributed by atoms with Crippen LogP contribution in [-0.2, 0) is 6.42 Å². The Morgan fingerprint density at radius 3 is 1.91 bits per heavy atom. The molecule has 1 atom stereocenters. The van der Waals surface area contributed by atoms with Gasteiger partial charge in [0.25, 0.3) is 0 Å². The van der Waals surface area contributed by atoms with E-state index in [4.69, 9.17) is 4.99 Å². The summed E-state index contributed by atoms with van der Waals surface area (Å²) in [7, 11) is 0. The standard InChI is InChI=1S/C31H25NS/c1-5-13-24(14-6-1)21-27-22-28(23-32-29-19-11-4-12-20-29)31(26-17-9-3-10-18-26)33-30(27)25-15-7-2-8-16-25/h1-20,22-23,30H,21H2/t30-/m0/s1. The smallest absolute Gasteiger partial charge is 0.0629 e. The molecule has 1 nitrogen and oxygen atoms in total. The number of hydrogen-bond acceptors (Lipinski definition) is 2. The Morgan fingerprint density at radius 2 is 1.24 bits per heavy atom. The Labute approximate surface area is 200 Å². The van der Waals surface area contributed by atoms with E-state index in [1.165, 1.54) is 27.2 Å². The number of allylic oxidation sites excluding steroid dienone is 2. The Balaban J connectivity index is 1.61. The molecule has 4 aromatic rings. The zero-order valence-corrected chi connectivity index (χ0v) is 19.2. The fourth-order valence-electron chi connectivity index (χ4n) is 4.07. The van der Waals surface area contributed by atoms with Crippen molar-refractivity contribution in [1.82, 2.24) is 0 Å². The van der Waals surface area contributed by atoms with Crippen LogP contribution in [0.3, 0.4) is 0 Å². The van der Waals surface area contributed by atoms with Crippen LogP contribution < -0.4 is 0 Å². The highest BCUT2D eigenvalue weighted by atomic mass is 32.2. The molecule has 5 rings (SSSR count). The molecule has 1 aliphatic rings. The molecule has 0 bridgehead atoms. The minimum atomic E-state index is 0.260. The third kappa shape index (κ3) is 5.24. The van der Waals surface area contributed by atoms with Crippen molar-refractivity contribution in [1.29, 1.82) is 0 Å². The second-order valence-corrected chi connectivity index (χ2v) is 9.15. The summed E-state index contributed by atoms with van der Waals surface area (Å²) in [5, 5.41) is 0.260. The first-order valence-electron chi connectivity index (χ1n) is 11.2. The molecular weight excluding hydrogens is 418 g/mol. The van der Waals surface area contributed by atoms with Crippen LogP contribution in [0.1, 0.15) is 21.9 Å². The zero-order chi connectivity index (χ0) is 22.3. The summed E-state index contributed by atoms with van der Waals surface area (Å²) >= 11 is 1.93. The Kier molecular flexibility index (Phi) is 6.65. The molecule has 0 aliphatic carbocycles. The average molecular weight is 444 g/mol. The van der Waals surface area contributed by atoms with Gasteiger partial charge in [-0.15, -0.1) is 11.8 Å². The Bertz CT molecular complexity index is 1270. The van der Waals surface area contributed by atoms with Gasteiger partial charge in [0.2, 0.25) is 0 Å². The molecule has 0 fully saturated rings. The maximum Gasteiger partial charge on any atom is 0.0629 e. The molecule has 1 heterocycles. The van der Waals surface area contributed by atoms with Crippen LogP contribution in [0.25, 0.3) is 4.91 Å². The molecule has 0 spiro atoms. The molecule has 0 aromatic heterocycles. The van der Waals surface area contributed by atoms with Gasteiger partial charge in [-0.2, -0.15) is 0 Å². The number of benzene rings is 4. The van der Waals surface area contributed by atoms with Crippen molar-refractivity contribution in [2.75, 3.05) is 0 Å². The van der Waals surface area contributed by atoms with Crippen LogP contribution in [0, 0.1) is 0 Å². The Hall–Kier alpha value is -3.62. The van der Waals surface area contributed by atoms with E-state index in [2.05, 4.69) is 97.1 Å². The second-order valence-electron chi connectivity index (χ2n) is 8.03. The summed E-state index contributed by atoms with van der Waals surface area (Å²) in [6.07, 6.45) is 5.30. The number of para-hydroxylation sites is 1. The highest BCUT2D eigenvalue weighted by Gasteiger charge is 2.26. The van der Waals surface area contributed by atoms with Crippen LogP contribution in [0.2, 0.25) is 0 Å². The first kappa shape index (κ1) is 21.2. The number of nitrogens with zero attached hydrogens (tertiary/aromatic N) is 1. The van der Waals surface area contributed by atoms with E-state index in [9.17, 15) is 0 Å². The van der Waals surface area contributed by atoms with Gasteiger partial charge < -0.3 is 0 Å². The van der Waals surface area contributed by atoms with Crippen LogP contribution in [0.15, 0.2) is 144 Å². The van der Waals surface area contributed by atoms with Gasteiger partial charge in [0, 0.05) is 16.7 Å². The highest BCUT2D eigenvalue weighted by Crippen LogP contribution is 2.50. The van der Waals surface area contributed by atoms with Gasteiger partial charge in [-0.1, -0.05) is 115 Å². The third-order valence-corrected chi connectivity index (χ3v) is 7.19. The van der Waals surface area contributed by atoms with Gasteiger partial charge in [-0.3, -0.25) is 4.99 Å². The van der Waals surface area contributed by atoms with Crippen molar-refractivity contribution in [2.45, 2.75) is 11.7 Å². The molecule has 0 saturated heterocycles. The molecule has 0 unspecified atom stereocenters.